The summed E-state index contributed by atoms with van der Waals surface area (Å²) in [7, 11) is 0. The number of pyridine rings is 2. The zero-order valence-electron chi connectivity index (χ0n) is 14.5. The van der Waals surface area contributed by atoms with Gasteiger partial charge in [-0.25, -0.2) is 0 Å². The van der Waals surface area contributed by atoms with Crippen molar-refractivity contribution >= 4 is 15.9 Å². The SMILES string of the molecule is Brc1ccc(CN2CCC[C@H]2[C@@H]2CCCN2Cc2ccccn2)nc1. The molecule has 2 aliphatic heterocycles. The summed E-state index contributed by atoms with van der Waals surface area (Å²) in [5, 5.41) is 0. The highest BCUT2D eigenvalue weighted by Gasteiger charge is 2.37. The van der Waals surface area contributed by atoms with Crippen molar-refractivity contribution in [3.63, 3.8) is 0 Å². The first-order chi connectivity index (χ1) is 12.3. The number of likely N-dealkylation sites (tertiary alicyclic amines) is 2. The van der Waals surface area contributed by atoms with E-state index in [0.29, 0.717) is 12.1 Å². The Labute approximate surface area is 158 Å². The zero-order chi connectivity index (χ0) is 17.1. The van der Waals surface area contributed by atoms with Gasteiger partial charge in [0.1, 0.15) is 0 Å². The molecule has 0 unspecified atom stereocenters. The predicted molar refractivity (Wildman–Crippen MR) is 103 cm³/mol. The normalized spacial score (nSPS) is 24.8. The first kappa shape index (κ1) is 17.1. The quantitative estimate of drug-likeness (QED) is 0.762. The van der Waals surface area contributed by atoms with E-state index in [1.54, 1.807) is 0 Å². The minimum atomic E-state index is 0.650. The fraction of sp³-hybridized carbons (Fsp3) is 0.500. The van der Waals surface area contributed by atoms with Crippen molar-refractivity contribution in [1.29, 1.82) is 0 Å². The highest BCUT2D eigenvalue weighted by Crippen LogP contribution is 2.31. The molecule has 0 aliphatic carbocycles. The van der Waals surface area contributed by atoms with E-state index >= 15 is 0 Å². The van der Waals surface area contributed by atoms with Crippen LogP contribution in [-0.4, -0.2) is 44.9 Å². The van der Waals surface area contributed by atoms with Gasteiger partial charge in [0.25, 0.3) is 0 Å². The Morgan fingerprint density at radius 2 is 1.56 bits per heavy atom. The van der Waals surface area contributed by atoms with E-state index in [1.807, 2.05) is 18.5 Å². The molecule has 0 amide bonds. The Balaban J connectivity index is 1.44. The molecule has 2 fully saturated rings. The molecule has 4 heterocycles. The zero-order valence-corrected chi connectivity index (χ0v) is 16.1. The van der Waals surface area contributed by atoms with Gasteiger partial charge >= 0.3 is 0 Å². The van der Waals surface area contributed by atoms with Crippen LogP contribution in [0.2, 0.25) is 0 Å². The first-order valence-corrected chi connectivity index (χ1v) is 10.1. The second-order valence-corrected chi connectivity index (χ2v) is 8.06. The third-order valence-electron chi connectivity index (χ3n) is 5.52. The van der Waals surface area contributed by atoms with Crippen LogP contribution in [-0.2, 0) is 13.1 Å². The Hall–Kier alpha value is -1.30. The topological polar surface area (TPSA) is 32.3 Å². The molecule has 0 radical (unpaired) electrons. The molecule has 0 saturated carbocycles. The summed E-state index contributed by atoms with van der Waals surface area (Å²) in [5.41, 5.74) is 2.36. The lowest BCUT2D eigenvalue weighted by Gasteiger charge is -2.34. The molecule has 2 atom stereocenters. The molecule has 2 saturated heterocycles. The summed E-state index contributed by atoms with van der Waals surface area (Å²) in [6.45, 7) is 4.33. The molecule has 2 aromatic rings. The van der Waals surface area contributed by atoms with Crippen LogP contribution in [0.3, 0.4) is 0 Å². The van der Waals surface area contributed by atoms with Gasteiger partial charge in [-0.1, -0.05) is 6.07 Å². The fourth-order valence-electron chi connectivity index (χ4n) is 4.38. The van der Waals surface area contributed by atoms with E-state index in [2.05, 4.69) is 60.0 Å². The summed E-state index contributed by atoms with van der Waals surface area (Å²) in [4.78, 5) is 14.4. The monoisotopic (exact) mass is 400 g/mol. The van der Waals surface area contributed by atoms with Gasteiger partial charge in [0.05, 0.1) is 11.4 Å². The Bertz CT molecular complexity index is 676. The van der Waals surface area contributed by atoms with Gasteiger partial charge in [0, 0.05) is 42.0 Å². The second kappa shape index (κ2) is 7.94. The number of halogens is 1. The molecule has 0 aromatic carbocycles. The molecule has 5 heteroatoms. The molecular weight excluding hydrogens is 376 g/mol. The molecule has 4 nitrogen and oxygen atoms in total. The number of rotatable bonds is 5. The maximum atomic E-state index is 4.58. The summed E-state index contributed by atoms with van der Waals surface area (Å²) in [5.74, 6) is 0. The third-order valence-corrected chi connectivity index (χ3v) is 5.99. The van der Waals surface area contributed by atoms with E-state index in [4.69, 9.17) is 0 Å². The van der Waals surface area contributed by atoms with Crippen molar-refractivity contribution < 1.29 is 0 Å². The van der Waals surface area contributed by atoms with Crippen molar-refractivity contribution in [3.05, 3.63) is 58.6 Å². The summed E-state index contributed by atoms with van der Waals surface area (Å²) in [6, 6.07) is 11.8. The van der Waals surface area contributed by atoms with E-state index in [0.717, 1.165) is 17.6 Å². The van der Waals surface area contributed by atoms with Crippen LogP contribution in [0.4, 0.5) is 0 Å². The largest absolute Gasteiger partial charge is 0.293 e. The van der Waals surface area contributed by atoms with Crippen molar-refractivity contribution in [2.24, 2.45) is 0 Å². The van der Waals surface area contributed by atoms with Crippen LogP contribution < -0.4 is 0 Å². The smallest absolute Gasteiger partial charge is 0.0544 e. The predicted octanol–water partition coefficient (Wildman–Crippen LogP) is 3.87. The van der Waals surface area contributed by atoms with Gasteiger partial charge in [-0.05, 0) is 79.0 Å². The molecular formula is C20H25BrN4. The van der Waals surface area contributed by atoms with Gasteiger partial charge in [0.15, 0.2) is 0 Å². The molecule has 0 N–H and O–H groups in total. The van der Waals surface area contributed by atoms with Crippen LogP contribution in [0, 0.1) is 0 Å². The van der Waals surface area contributed by atoms with Crippen LogP contribution >= 0.6 is 15.9 Å². The first-order valence-electron chi connectivity index (χ1n) is 9.28. The van der Waals surface area contributed by atoms with Crippen molar-refractivity contribution in [1.82, 2.24) is 19.8 Å². The number of hydrogen-bond acceptors (Lipinski definition) is 4. The highest BCUT2D eigenvalue weighted by atomic mass is 79.9. The molecule has 2 aromatic heterocycles. The van der Waals surface area contributed by atoms with Gasteiger partial charge in [0.2, 0.25) is 0 Å². The molecule has 0 bridgehead atoms. The van der Waals surface area contributed by atoms with Crippen LogP contribution in [0.15, 0.2) is 47.2 Å². The maximum absolute atomic E-state index is 4.58. The van der Waals surface area contributed by atoms with Gasteiger partial charge in [-0.3, -0.25) is 19.8 Å². The average molecular weight is 401 g/mol. The average Bonchev–Trinajstić information content (AvgIpc) is 3.27. The number of hydrogen-bond donors (Lipinski definition) is 0. The summed E-state index contributed by atoms with van der Waals surface area (Å²) < 4.78 is 1.05. The minimum Gasteiger partial charge on any atom is -0.293 e. The van der Waals surface area contributed by atoms with Gasteiger partial charge in [-0.2, -0.15) is 0 Å². The summed E-state index contributed by atoms with van der Waals surface area (Å²) >= 11 is 3.47. The molecule has 25 heavy (non-hydrogen) atoms. The van der Waals surface area contributed by atoms with E-state index in [-0.39, 0.29) is 0 Å². The summed E-state index contributed by atoms with van der Waals surface area (Å²) in [6.07, 6.45) is 9.03. The van der Waals surface area contributed by atoms with E-state index < -0.39 is 0 Å². The van der Waals surface area contributed by atoms with Crippen molar-refractivity contribution in [2.75, 3.05) is 13.1 Å². The highest BCUT2D eigenvalue weighted by molar-refractivity contribution is 9.10. The molecule has 0 spiro atoms. The Kier molecular flexibility index (Phi) is 5.44. The van der Waals surface area contributed by atoms with E-state index in [9.17, 15) is 0 Å². The van der Waals surface area contributed by atoms with Gasteiger partial charge < -0.3 is 0 Å². The Morgan fingerprint density at radius 3 is 2.12 bits per heavy atom. The lowest BCUT2D eigenvalue weighted by molar-refractivity contribution is 0.122. The minimum absolute atomic E-state index is 0.650. The van der Waals surface area contributed by atoms with Gasteiger partial charge in [-0.15, -0.1) is 0 Å². The van der Waals surface area contributed by atoms with Crippen LogP contribution in [0.25, 0.3) is 0 Å². The standard InChI is InChI=1S/C20H25BrN4/c21-16-8-9-18(23-13-16)15-25-12-4-7-20(25)19-6-3-11-24(19)14-17-5-1-2-10-22-17/h1-2,5,8-10,13,19-20H,3-4,6-7,11-12,14-15H2/t19-,20-/m0/s1. The third kappa shape index (κ3) is 4.10. The lowest BCUT2D eigenvalue weighted by atomic mass is 10.0. The maximum Gasteiger partial charge on any atom is 0.0544 e. The van der Waals surface area contributed by atoms with Crippen LogP contribution in [0.5, 0.6) is 0 Å². The van der Waals surface area contributed by atoms with E-state index in [1.165, 1.54) is 50.2 Å². The number of aromatic nitrogens is 2. The van der Waals surface area contributed by atoms with Crippen molar-refractivity contribution in [2.45, 2.75) is 50.9 Å². The Morgan fingerprint density at radius 1 is 0.880 bits per heavy atom. The number of nitrogens with zero attached hydrogens (tertiary/aromatic N) is 4. The lowest BCUT2D eigenvalue weighted by Crippen LogP contribution is -2.45. The molecule has 132 valence electrons. The fourth-order valence-corrected chi connectivity index (χ4v) is 4.61. The molecule has 4 rings (SSSR count). The second-order valence-electron chi connectivity index (χ2n) is 7.15. The molecule has 2 aliphatic rings. The van der Waals surface area contributed by atoms with Crippen LogP contribution in [0.1, 0.15) is 37.1 Å². The van der Waals surface area contributed by atoms with Crippen molar-refractivity contribution in [3.8, 4) is 0 Å².